The molecular formula is C10H11N3O4S. The van der Waals surface area contributed by atoms with E-state index in [1.807, 2.05) is 4.90 Å². The topological polar surface area (TPSA) is 92.5 Å². The predicted octanol–water partition coefficient (Wildman–Crippen LogP) is 0.813. The van der Waals surface area contributed by atoms with Crippen LogP contribution >= 0.6 is 0 Å². The molecule has 1 fully saturated rings. The zero-order chi connectivity index (χ0) is 12.9. The Balaban J connectivity index is 2.20. The number of anilines is 1. The van der Waals surface area contributed by atoms with Gasteiger partial charge in [0.15, 0.2) is 0 Å². The molecular weight excluding hydrogens is 258 g/mol. The van der Waals surface area contributed by atoms with Crippen LogP contribution in [-0.2, 0) is 10.0 Å². The van der Waals surface area contributed by atoms with Crippen LogP contribution in [0, 0.1) is 10.1 Å². The second-order valence-electron chi connectivity index (χ2n) is 4.38. The zero-order valence-electron chi connectivity index (χ0n) is 9.37. The molecule has 0 saturated carbocycles. The number of rotatable bonds is 1. The van der Waals surface area contributed by atoms with Crippen molar-refractivity contribution in [2.75, 3.05) is 11.4 Å². The van der Waals surface area contributed by atoms with Gasteiger partial charge in [-0.05, 0) is 18.9 Å². The monoisotopic (exact) mass is 269 g/mol. The van der Waals surface area contributed by atoms with Gasteiger partial charge in [0.2, 0.25) is 10.0 Å². The molecule has 1 unspecified atom stereocenters. The molecule has 1 aromatic rings. The van der Waals surface area contributed by atoms with Crippen LogP contribution in [0.5, 0.6) is 0 Å². The summed E-state index contributed by atoms with van der Waals surface area (Å²) in [7, 11) is -3.65. The summed E-state index contributed by atoms with van der Waals surface area (Å²) in [4.78, 5) is 12.1. The number of benzene rings is 1. The molecule has 2 aliphatic heterocycles. The van der Waals surface area contributed by atoms with Gasteiger partial charge < -0.3 is 4.90 Å². The quantitative estimate of drug-likeness (QED) is 0.601. The SMILES string of the molecule is O=[N+]([O-])c1ccc2c(c1)S(=O)(=O)NC1CCCN21. The van der Waals surface area contributed by atoms with Crippen LogP contribution in [0.4, 0.5) is 11.4 Å². The molecule has 2 heterocycles. The highest BCUT2D eigenvalue weighted by molar-refractivity contribution is 7.89. The molecule has 7 nitrogen and oxygen atoms in total. The van der Waals surface area contributed by atoms with Crippen molar-refractivity contribution in [1.82, 2.24) is 4.72 Å². The van der Waals surface area contributed by atoms with Crippen molar-refractivity contribution in [1.29, 1.82) is 0 Å². The van der Waals surface area contributed by atoms with E-state index in [0.717, 1.165) is 25.5 Å². The summed E-state index contributed by atoms with van der Waals surface area (Å²) in [5.41, 5.74) is 0.346. The molecule has 1 aromatic carbocycles. The summed E-state index contributed by atoms with van der Waals surface area (Å²) < 4.78 is 26.6. The van der Waals surface area contributed by atoms with Crippen molar-refractivity contribution in [3.8, 4) is 0 Å². The minimum atomic E-state index is -3.65. The summed E-state index contributed by atoms with van der Waals surface area (Å²) in [5, 5.41) is 10.7. The van der Waals surface area contributed by atoms with E-state index >= 15 is 0 Å². The van der Waals surface area contributed by atoms with E-state index in [4.69, 9.17) is 0 Å². The second kappa shape index (κ2) is 3.66. The molecule has 1 N–H and O–H groups in total. The molecule has 1 atom stereocenters. The van der Waals surface area contributed by atoms with Crippen molar-refractivity contribution in [2.24, 2.45) is 0 Å². The maximum atomic E-state index is 12.0. The van der Waals surface area contributed by atoms with Gasteiger partial charge in [-0.25, -0.2) is 8.42 Å². The van der Waals surface area contributed by atoms with E-state index in [-0.39, 0.29) is 16.7 Å². The van der Waals surface area contributed by atoms with Crippen molar-refractivity contribution in [2.45, 2.75) is 23.9 Å². The van der Waals surface area contributed by atoms with Gasteiger partial charge in [-0.1, -0.05) is 0 Å². The van der Waals surface area contributed by atoms with Gasteiger partial charge in [-0.3, -0.25) is 10.1 Å². The molecule has 96 valence electrons. The number of hydrogen-bond donors (Lipinski definition) is 1. The Morgan fingerprint density at radius 1 is 1.44 bits per heavy atom. The van der Waals surface area contributed by atoms with Crippen LogP contribution in [-0.4, -0.2) is 26.1 Å². The standard InChI is InChI=1S/C10H11N3O4S/c14-13(15)7-3-4-8-9(6-7)18(16,17)11-10-2-1-5-12(8)10/h3-4,6,10-11H,1-2,5H2. The number of sulfonamides is 1. The Labute approximate surface area is 104 Å². The van der Waals surface area contributed by atoms with Crippen LogP contribution in [0.3, 0.4) is 0 Å². The Morgan fingerprint density at radius 3 is 2.94 bits per heavy atom. The van der Waals surface area contributed by atoms with Crippen molar-refractivity contribution in [3.63, 3.8) is 0 Å². The lowest BCUT2D eigenvalue weighted by Crippen LogP contribution is -2.48. The first-order valence-electron chi connectivity index (χ1n) is 5.56. The zero-order valence-corrected chi connectivity index (χ0v) is 10.2. The first-order valence-corrected chi connectivity index (χ1v) is 7.05. The van der Waals surface area contributed by atoms with E-state index in [1.54, 1.807) is 0 Å². The molecule has 0 bridgehead atoms. The lowest BCUT2D eigenvalue weighted by molar-refractivity contribution is -0.385. The van der Waals surface area contributed by atoms with E-state index in [1.165, 1.54) is 12.1 Å². The van der Waals surface area contributed by atoms with Crippen LogP contribution in [0.25, 0.3) is 0 Å². The normalized spacial score (nSPS) is 24.4. The second-order valence-corrected chi connectivity index (χ2v) is 6.06. The summed E-state index contributed by atoms with van der Waals surface area (Å²) in [6, 6.07) is 3.98. The fourth-order valence-corrected chi connectivity index (χ4v) is 3.96. The number of non-ortho nitro benzene ring substituents is 1. The molecule has 0 amide bonds. The van der Waals surface area contributed by atoms with Gasteiger partial charge in [0.05, 0.1) is 16.8 Å². The van der Waals surface area contributed by atoms with E-state index < -0.39 is 14.9 Å². The number of hydrogen-bond acceptors (Lipinski definition) is 5. The maximum Gasteiger partial charge on any atom is 0.270 e. The number of fused-ring (bicyclic) bond motifs is 3. The molecule has 0 radical (unpaired) electrons. The summed E-state index contributed by atoms with van der Waals surface area (Å²) in [6.07, 6.45) is 1.45. The van der Waals surface area contributed by atoms with Gasteiger partial charge >= 0.3 is 0 Å². The van der Waals surface area contributed by atoms with Gasteiger partial charge in [-0.2, -0.15) is 4.72 Å². The highest BCUT2D eigenvalue weighted by Gasteiger charge is 2.38. The Kier molecular flexibility index (Phi) is 2.32. The predicted molar refractivity (Wildman–Crippen MR) is 63.8 cm³/mol. The molecule has 0 aromatic heterocycles. The smallest absolute Gasteiger partial charge is 0.270 e. The molecule has 0 aliphatic carbocycles. The lowest BCUT2D eigenvalue weighted by Gasteiger charge is -2.33. The highest BCUT2D eigenvalue weighted by Crippen LogP contribution is 2.37. The first kappa shape index (κ1) is 11.4. The van der Waals surface area contributed by atoms with Crippen molar-refractivity contribution >= 4 is 21.4 Å². The summed E-state index contributed by atoms with van der Waals surface area (Å²) in [6.45, 7) is 0.762. The molecule has 18 heavy (non-hydrogen) atoms. The van der Waals surface area contributed by atoms with Gasteiger partial charge in [0, 0.05) is 18.7 Å². The number of nitrogens with one attached hydrogen (secondary N) is 1. The number of nitro benzene ring substituents is 1. The summed E-state index contributed by atoms with van der Waals surface area (Å²) in [5.74, 6) is 0. The molecule has 1 saturated heterocycles. The van der Waals surface area contributed by atoms with Gasteiger partial charge in [0.1, 0.15) is 4.90 Å². The largest absolute Gasteiger partial charge is 0.354 e. The third-order valence-corrected chi connectivity index (χ3v) is 4.79. The molecule has 8 heteroatoms. The molecule has 3 rings (SSSR count). The van der Waals surface area contributed by atoms with Gasteiger partial charge in [0.25, 0.3) is 5.69 Å². The fraction of sp³-hybridized carbons (Fsp3) is 0.400. The first-order chi connectivity index (χ1) is 8.49. The third kappa shape index (κ3) is 1.57. The Bertz CT molecular complexity index is 628. The van der Waals surface area contributed by atoms with Crippen LogP contribution < -0.4 is 9.62 Å². The molecule has 0 spiro atoms. The minimum Gasteiger partial charge on any atom is -0.354 e. The highest BCUT2D eigenvalue weighted by atomic mass is 32.2. The van der Waals surface area contributed by atoms with Crippen LogP contribution in [0.2, 0.25) is 0 Å². The van der Waals surface area contributed by atoms with E-state index in [0.29, 0.717) is 5.69 Å². The van der Waals surface area contributed by atoms with Crippen LogP contribution in [0.15, 0.2) is 23.1 Å². The van der Waals surface area contributed by atoms with Crippen molar-refractivity contribution < 1.29 is 13.3 Å². The lowest BCUT2D eigenvalue weighted by atomic mass is 10.2. The number of nitro groups is 1. The maximum absolute atomic E-state index is 12.0. The fourth-order valence-electron chi connectivity index (χ4n) is 2.49. The average molecular weight is 269 g/mol. The Hall–Kier alpha value is -1.67. The summed E-state index contributed by atoms with van der Waals surface area (Å²) >= 11 is 0. The van der Waals surface area contributed by atoms with E-state index in [9.17, 15) is 18.5 Å². The molecule has 2 aliphatic rings. The Morgan fingerprint density at radius 2 is 2.22 bits per heavy atom. The van der Waals surface area contributed by atoms with Gasteiger partial charge in [-0.15, -0.1) is 0 Å². The number of nitrogens with zero attached hydrogens (tertiary/aromatic N) is 2. The van der Waals surface area contributed by atoms with Crippen LogP contribution in [0.1, 0.15) is 12.8 Å². The van der Waals surface area contributed by atoms with E-state index in [2.05, 4.69) is 4.72 Å². The minimum absolute atomic E-state index is 0.00477. The average Bonchev–Trinajstić information content (AvgIpc) is 2.75. The van der Waals surface area contributed by atoms with Crippen molar-refractivity contribution in [3.05, 3.63) is 28.3 Å². The third-order valence-electron chi connectivity index (χ3n) is 3.30.